The molecule has 0 atom stereocenters. The van der Waals surface area contributed by atoms with Crippen molar-refractivity contribution in [1.29, 1.82) is 0 Å². The van der Waals surface area contributed by atoms with Gasteiger partial charge in [-0.2, -0.15) is 18.3 Å². The van der Waals surface area contributed by atoms with Crippen LogP contribution in [0.1, 0.15) is 10.5 Å². The van der Waals surface area contributed by atoms with Crippen LogP contribution in [0.4, 0.5) is 13.2 Å². The van der Waals surface area contributed by atoms with E-state index in [2.05, 4.69) is 25.8 Å². The fourth-order valence-electron chi connectivity index (χ4n) is 1.31. The minimum absolute atomic E-state index is 0.166. The molecule has 0 saturated carbocycles. The lowest BCUT2D eigenvalue weighted by Gasteiger charge is -2.09. The Morgan fingerprint density at radius 1 is 1.53 bits per heavy atom. The topological polar surface area (TPSA) is 53.4 Å². The lowest BCUT2D eigenvalue weighted by Crippen LogP contribution is -2.22. The number of hydrogen-bond acceptors (Lipinski definition) is 4. The van der Waals surface area contributed by atoms with Crippen molar-refractivity contribution < 1.29 is 27.4 Å². The number of rotatable bonds is 7. The Labute approximate surface area is 115 Å². The molecule has 19 heavy (non-hydrogen) atoms. The fourth-order valence-corrected chi connectivity index (χ4v) is 1.83. The van der Waals surface area contributed by atoms with Gasteiger partial charge in [-0.15, -0.1) is 0 Å². The van der Waals surface area contributed by atoms with E-state index in [-0.39, 0.29) is 5.69 Å². The molecular formula is C10H12BrF3N2O3. The van der Waals surface area contributed by atoms with Crippen LogP contribution in [0.3, 0.4) is 0 Å². The molecule has 0 aromatic carbocycles. The molecule has 0 aliphatic heterocycles. The van der Waals surface area contributed by atoms with Gasteiger partial charge in [0.05, 0.1) is 23.8 Å². The molecule has 0 aliphatic rings. The van der Waals surface area contributed by atoms with E-state index >= 15 is 0 Å². The van der Waals surface area contributed by atoms with E-state index in [9.17, 15) is 18.0 Å². The van der Waals surface area contributed by atoms with Gasteiger partial charge in [-0.05, 0) is 15.9 Å². The number of carbonyl (C=O) groups excluding carboxylic acids is 1. The van der Waals surface area contributed by atoms with Crippen molar-refractivity contribution in [2.24, 2.45) is 0 Å². The number of carbonyl (C=O) groups is 1. The molecule has 1 heterocycles. The molecule has 108 valence electrons. The zero-order valence-electron chi connectivity index (χ0n) is 10.0. The second-order valence-electron chi connectivity index (χ2n) is 3.59. The highest BCUT2D eigenvalue weighted by atomic mass is 79.9. The second-order valence-corrected chi connectivity index (χ2v) is 4.44. The quantitative estimate of drug-likeness (QED) is 0.710. The van der Waals surface area contributed by atoms with Crippen LogP contribution in [0, 0.1) is 0 Å². The van der Waals surface area contributed by atoms with Gasteiger partial charge in [0.15, 0.2) is 0 Å². The van der Waals surface area contributed by atoms with Crippen LogP contribution < -0.4 is 0 Å². The molecule has 0 bridgehead atoms. The number of alkyl halides is 3. The summed E-state index contributed by atoms with van der Waals surface area (Å²) < 4.78 is 46.6. The third-order valence-electron chi connectivity index (χ3n) is 2.07. The van der Waals surface area contributed by atoms with Crippen LogP contribution in [0.2, 0.25) is 0 Å². The molecule has 0 radical (unpaired) electrons. The number of ketones is 1. The van der Waals surface area contributed by atoms with E-state index in [4.69, 9.17) is 4.74 Å². The zero-order valence-corrected chi connectivity index (χ0v) is 11.6. The fraction of sp³-hybridized carbons (Fsp3) is 0.600. The summed E-state index contributed by atoms with van der Waals surface area (Å²) in [5.41, 5.74) is 0.166. The van der Waals surface area contributed by atoms with Gasteiger partial charge >= 0.3 is 6.18 Å². The maximum absolute atomic E-state index is 11.9. The average Bonchev–Trinajstić information content (AvgIpc) is 2.66. The Balaban J connectivity index is 2.63. The average molecular weight is 345 g/mol. The Morgan fingerprint density at radius 2 is 2.21 bits per heavy atom. The summed E-state index contributed by atoms with van der Waals surface area (Å²) >= 11 is 3.12. The maximum atomic E-state index is 11.9. The Morgan fingerprint density at radius 3 is 2.79 bits per heavy atom. The molecule has 1 aromatic rings. The lowest BCUT2D eigenvalue weighted by molar-refractivity contribution is -0.170. The minimum atomic E-state index is -4.45. The van der Waals surface area contributed by atoms with Gasteiger partial charge in [0.1, 0.15) is 18.9 Å². The van der Waals surface area contributed by atoms with Gasteiger partial charge in [0.2, 0.25) is 5.78 Å². The van der Waals surface area contributed by atoms with Crippen molar-refractivity contribution in [2.75, 3.05) is 26.9 Å². The summed E-state index contributed by atoms with van der Waals surface area (Å²) in [4.78, 5) is 11.8. The van der Waals surface area contributed by atoms with Crippen LogP contribution in [0.5, 0.6) is 0 Å². The molecule has 5 nitrogen and oxygen atoms in total. The molecule has 0 fully saturated rings. The van der Waals surface area contributed by atoms with E-state index in [1.807, 2.05) is 0 Å². The van der Waals surface area contributed by atoms with Gasteiger partial charge in [-0.3, -0.25) is 9.48 Å². The largest absolute Gasteiger partial charge is 0.411 e. The highest BCUT2D eigenvalue weighted by Gasteiger charge is 2.28. The highest BCUT2D eigenvalue weighted by molar-refractivity contribution is 9.10. The Bertz CT molecular complexity index is 434. The first kappa shape index (κ1) is 16.1. The molecule has 9 heteroatoms. The smallest absolute Gasteiger partial charge is 0.383 e. The molecule has 0 aliphatic carbocycles. The van der Waals surface area contributed by atoms with E-state index < -0.39 is 25.2 Å². The van der Waals surface area contributed by atoms with Crippen LogP contribution in [0.15, 0.2) is 10.7 Å². The molecule has 0 spiro atoms. The minimum Gasteiger partial charge on any atom is -0.383 e. The van der Waals surface area contributed by atoms with Crippen molar-refractivity contribution >= 4 is 21.7 Å². The zero-order chi connectivity index (χ0) is 14.5. The first-order chi connectivity index (χ1) is 8.85. The van der Waals surface area contributed by atoms with Crippen molar-refractivity contribution in [2.45, 2.75) is 12.7 Å². The molecule has 0 amide bonds. The first-order valence-corrected chi connectivity index (χ1v) is 6.02. The van der Waals surface area contributed by atoms with E-state index in [1.54, 1.807) is 0 Å². The van der Waals surface area contributed by atoms with Crippen LogP contribution in [-0.2, 0) is 16.0 Å². The van der Waals surface area contributed by atoms with Crippen molar-refractivity contribution in [3.63, 3.8) is 0 Å². The number of methoxy groups -OCH3 is 1. The normalized spacial score (nSPS) is 11.8. The number of Topliss-reactive ketones (excluding diaryl/α,β-unsaturated/α-hetero) is 1. The second kappa shape index (κ2) is 7.01. The van der Waals surface area contributed by atoms with Crippen molar-refractivity contribution in [3.8, 4) is 0 Å². The van der Waals surface area contributed by atoms with Gasteiger partial charge in [0.25, 0.3) is 0 Å². The van der Waals surface area contributed by atoms with Gasteiger partial charge in [0, 0.05) is 7.11 Å². The van der Waals surface area contributed by atoms with Crippen LogP contribution in [-0.4, -0.2) is 48.7 Å². The van der Waals surface area contributed by atoms with Crippen molar-refractivity contribution in [3.05, 3.63) is 16.4 Å². The summed E-state index contributed by atoms with van der Waals surface area (Å²) in [7, 11) is 1.49. The molecule has 0 saturated heterocycles. The molecule has 1 rings (SSSR count). The van der Waals surface area contributed by atoms with Gasteiger partial charge < -0.3 is 9.47 Å². The third-order valence-corrected chi connectivity index (χ3v) is 2.65. The predicted molar refractivity (Wildman–Crippen MR) is 63.0 cm³/mol. The number of ether oxygens (including phenoxy) is 2. The maximum Gasteiger partial charge on any atom is 0.411 e. The first-order valence-electron chi connectivity index (χ1n) is 5.23. The summed E-state index contributed by atoms with van der Waals surface area (Å²) in [5.74, 6) is -0.579. The number of halogens is 4. The highest BCUT2D eigenvalue weighted by Crippen LogP contribution is 2.18. The summed E-state index contributed by atoms with van der Waals surface area (Å²) in [6, 6.07) is 0. The predicted octanol–water partition coefficient (Wildman–Crippen LogP) is 2.05. The summed E-state index contributed by atoms with van der Waals surface area (Å²) in [5, 5.41) is 3.92. The van der Waals surface area contributed by atoms with E-state index in [0.29, 0.717) is 17.6 Å². The van der Waals surface area contributed by atoms with Gasteiger partial charge in [-0.25, -0.2) is 0 Å². The third kappa shape index (κ3) is 5.29. The molecular weight excluding hydrogens is 333 g/mol. The number of hydrogen-bond donors (Lipinski definition) is 0. The SMILES string of the molecule is COCCn1ncc(Br)c1C(=O)COCC(F)(F)F. The number of nitrogens with zero attached hydrogens (tertiary/aromatic N) is 2. The molecule has 0 N–H and O–H groups in total. The van der Waals surface area contributed by atoms with Crippen LogP contribution in [0.25, 0.3) is 0 Å². The molecule has 1 aromatic heterocycles. The Kier molecular flexibility index (Phi) is 5.95. The monoisotopic (exact) mass is 344 g/mol. The number of aromatic nitrogens is 2. The Hall–Kier alpha value is -0.930. The molecule has 0 unspecified atom stereocenters. The van der Waals surface area contributed by atoms with Gasteiger partial charge in [-0.1, -0.05) is 0 Å². The van der Waals surface area contributed by atoms with E-state index in [0.717, 1.165) is 0 Å². The standard InChI is InChI=1S/C10H12BrF3N2O3/c1-18-3-2-16-9(7(11)4-15-16)8(17)5-19-6-10(12,13)14/h4H,2-3,5-6H2,1H3. The van der Waals surface area contributed by atoms with E-state index in [1.165, 1.54) is 18.0 Å². The van der Waals surface area contributed by atoms with Crippen molar-refractivity contribution in [1.82, 2.24) is 9.78 Å². The van der Waals surface area contributed by atoms with Crippen LogP contribution >= 0.6 is 15.9 Å². The summed E-state index contributed by atoms with van der Waals surface area (Å²) in [6.45, 7) is -1.46. The summed E-state index contributed by atoms with van der Waals surface area (Å²) in [6.07, 6.45) is -3.06. The lowest BCUT2D eigenvalue weighted by atomic mass is 10.3.